The van der Waals surface area contributed by atoms with Crippen molar-refractivity contribution >= 4 is 39.2 Å². The number of aromatic nitrogens is 2. The monoisotopic (exact) mass is 395 g/mol. The Balaban J connectivity index is 2.25. The summed E-state index contributed by atoms with van der Waals surface area (Å²) < 4.78 is 1.73. The Labute approximate surface area is 163 Å². The van der Waals surface area contributed by atoms with Crippen LogP contribution in [0.4, 0.5) is 0 Å². The molecule has 0 saturated carbocycles. The summed E-state index contributed by atoms with van der Waals surface area (Å²) in [6, 6.07) is 0. The van der Waals surface area contributed by atoms with E-state index in [0.29, 0.717) is 30.1 Å². The molecule has 0 atom stereocenters. The van der Waals surface area contributed by atoms with E-state index in [1.165, 1.54) is 11.8 Å². The molecule has 0 aliphatic carbocycles. The van der Waals surface area contributed by atoms with Crippen LogP contribution < -0.4 is 10.9 Å². The number of thioether (sulfide) groups is 1. The lowest BCUT2D eigenvalue weighted by molar-refractivity contribution is -0.118. The molecule has 0 aromatic carbocycles. The van der Waals surface area contributed by atoms with Crippen LogP contribution in [-0.4, -0.2) is 27.8 Å². The van der Waals surface area contributed by atoms with Gasteiger partial charge in [0.15, 0.2) is 5.16 Å². The van der Waals surface area contributed by atoms with Crippen molar-refractivity contribution in [2.45, 2.75) is 59.7 Å². The van der Waals surface area contributed by atoms with Crippen LogP contribution in [0.1, 0.15) is 44.6 Å². The van der Waals surface area contributed by atoms with Gasteiger partial charge < -0.3 is 5.32 Å². The SMILES string of the molecule is Cc1sc2nc(SCC(=O)NCCC(C)C)n(CC(C)C)c(=O)c2c1C. The number of carbonyl (C=O) groups excluding carboxylic acids is 1. The maximum atomic E-state index is 13.0. The molecular weight excluding hydrogens is 366 g/mol. The zero-order valence-electron chi connectivity index (χ0n) is 16.5. The van der Waals surface area contributed by atoms with Gasteiger partial charge in [0.2, 0.25) is 5.91 Å². The van der Waals surface area contributed by atoms with Crippen LogP contribution in [0, 0.1) is 25.7 Å². The van der Waals surface area contributed by atoms with E-state index in [4.69, 9.17) is 4.98 Å². The standard InChI is InChI=1S/C19H29N3O2S2/c1-11(2)7-8-20-15(23)10-25-19-21-17-16(13(5)14(6)26-17)18(24)22(19)9-12(3)4/h11-12H,7-10H2,1-6H3,(H,20,23). The Morgan fingerprint density at radius 3 is 2.54 bits per heavy atom. The number of nitrogens with zero attached hydrogens (tertiary/aromatic N) is 2. The third kappa shape index (κ3) is 5.10. The Hall–Kier alpha value is -1.34. The maximum Gasteiger partial charge on any atom is 0.263 e. The summed E-state index contributed by atoms with van der Waals surface area (Å²) in [5.41, 5.74) is 1.02. The second-order valence-electron chi connectivity index (χ2n) is 7.49. The van der Waals surface area contributed by atoms with E-state index in [0.717, 1.165) is 27.1 Å². The van der Waals surface area contributed by atoms with E-state index >= 15 is 0 Å². The number of fused-ring (bicyclic) bond motifs is 1. The number of thiophene rings is 1. The summed E-state index contributed by atoms with van der Waals surface area (Å²) in [7, 11) is 0. The average Bonchev–Trinajstić information content (AvgIpc) is 2.82. The summed E-state index contributed by atoms with van der Waals surface area (Å²) in [6.45, 7) is 13.7. The van der Waals surface area contributed by atoms with Crippen molar-refractivity contribution in [2.24, 2.45) is 11.8 Å². The lowest BCUT2D eigenvalue weighted by Crippen LogP contribution is -2.28. The summed E-state index contributed by atoms with van der Waals surface area (Å²) in [5, 5.41) is 4.29. The van der Waals surface area contributed by atoms with E-state index in [-0.39, 0.29) is 17.2 Å². The van der Waals surface area contributed by atoms with Crippen molar-refractivity contribution in [2.75, 3.05) is 12.3 Å². The van der Waals surface area contributed by atoms with Crippen molar-refractivity contribution < 1.29 is 4.79 Å². The third-order valence-electron chi connectivity index (χ3n) is 4.18. The zero-order valence-corrected chi connectivity index (χ0v) is 18.1. The highest BCUT2D eigenvalue weighted by molar-refractivity contribution is 7.99. The summed E-state index contributed by atoms with van der Waals surface area (Å²) in [5.74, 6) is 1.15. The van der Waals surface area contributed by atoms with Crippen LogP contribution >= 0.6 is 23.1 Å². The van der Waals surface area contributed by atoms with Crippen LogP contribution in [-0.2, 0) is 11.3 Å². The first kappa shape index (κ1) is 21.0. The molecule has 0 radical (unpaired) electrons. The molecule has 2 rings (SSSR count). The first-order valence-electron chi connectivity index (χ1n) is 9.10. The summed E-state index contributed by atoms with van der Waals surface area (Å²) in [6.07, 6.45) is 0.965. The van der Waals surface area contributed by atoms with Gasteiger partial charge >= 0.3 is 0 Å². The quantitative estimate of drug-likeness (QED) is 0.542. The molecule has 1 N–H and O–H groups in total. The maximum absolute atomic E-state index is 13.0. The van der Waals surface area contributed by atoms with Gasteiger partial charge in [-0.3, -0.25) is 14.2 Å². The molecule has 0 fully saturated rings. The number of rotatable bonds is 8. The molecule has 0 saturated heterocycles. The van der Waals surface area contributed by atoms with E-state index in [9.17, 15) is 9.59 Å². The lowest BCUT2D eigenvalue weighted by Gasteiger charge is -2.14. The lowest BCUT2D eigenvalue weighted by atomic mass is 10.1. The second kappa shape index (κ2) is 9.04. The number of amides is 1. The Bertz CT molecular complexity index is 837. The number of nitrogens with one attached hydrogen (secondary N) is 1. The molecule has 2 aromatic rings. The second-order valence-corrected chi connectivity index (χ2v) is 9.63. The minimum absolute atomic E-state index is 0.00765. The topological polar surface area (TPSA) is 64.0 Å². The van der Waals surface area contributed by atoms with Gasteiger partial charge in [-0.05, 0) is 37.7 Å². The van der Waals surface area contributed by atoms with Crippen LogP contribution in [0.5, 0.6) is 0 Å². The molecule has 0 spiro atoms. The molecule has 2 heterocycles. The van der Waals surface area contributed by atoms with Crippen molar-refractivity contribution in [3.63, 3.8) is 0 Å². The number of hydrogen-bond donors (Lipinski definition) is 1. The van der Waals surface area contributed by atoms with Gasteiger partial charge in [0.25, 0.3) is 5.56 Å². The molecule has 0 bridgehead atoms. The van der Waals surface area contributed by atoms with Gasteiger partial charge in [-0.25, -0.2) is 4.98 Å². The minimum Gasteiger partial charge on any atom is -0.355 e. The molecule has 26 heavy (non-hydrogen) atoms. The van der Waals surface area contributed by atoms with Gasteiger partial charge in [0.05, 0.1) is 11.1 Å². The van der Waals surface area contributed by atoms with E-state index < -0.39 is 0 Å². The fraction of sp³-hybridized carbons (Fsp3) is 0.632. The van der Waals surface area contributed by atoms with Gasteiger partial charge in [-0.15, -0.1) is 11.3 Å². The zero-order chi connectivity index (χ0) is 19.4. The van der Waals surface area contributed by atoms with Crippen LogP contribution in [0.15, 0.2) is 9.95 Å². The normalized spacial score (nSPS) is 11.7. The van der Waals surface area contributed by atoms with Crippen molar-refractivity contribution in [3.05, 3.63) is 20.8 Å². The first-order chi connectivity index (χ1) is 12.2. The average molecular weight is 396 g/mol. The van der Waals surface area contributed by atoms with Crippen molar-refractivity contribution in [1.82, 2.24) is 14.9 Å². The highest BCUT2D eigenvalue weighted by Crippen LogP contribution is 2.28. The van der Waals surface area contributed by atoms with Gasteiger partial charge in [-0.1, -0.05) is 39.5 Å². The van der Waals surface area contributed by atoms with Crippen molar-refractivity contribution in [3.8, 4) is 0 Å². The van der Waals surface area contributed by atoms with Crippen LogP contribution in [0.3, 0.4) is 0 Å². The third-order valence-corrected chi connectivity index (χ3v) is 6.26. The Kier molecular flexibility index (Phi) is 7.29. The Morgan fingerprint density at radius 2 is 1.92 bits per heavy atom. The number of hydrogen-bond acceptors (Lipinski definition) is 5. The van der Waals surface area contributed by atoms with Crippen molar-refractivity contribution in [1.29, 1.82) is 0 Å². The molecule has 1 amide bonds. The summed E-state index contributed by atoms with van der Waals surface area (Å²) in [4.78, 5) is 31.7. The molecule has 7 heteroatoms. The molecule has 0 unspecified atom stereocenters. The van der Waals surface area contributed by atoms with Gasteiger partial charge in [0.1, 0.15) is 4.83 Å². The largest absolute Gasteiger partial charge is 0.355 e. The number of carbonyl (C=O) groups is 1. The van der Waals surface area contributed by atoms with E-state index in [2.05, 4.69) is 33.0 Å². The predicted octanol–water partition coefficient (Wildman–Crippen LogP) is 3.99. The molecular formula is C19H29N3O2S2. The number of aryl methyl sites for hydroxylation is 2. The van der Waals surface area contributed by atoms with Crippen LogP contribution in [0.25, 0.3) is 10.2 Å². The molecule has 0 aliphatic rings. The molecule has 0 aliphatic heterocycles. The fourth-order valence-corrected chi connectivity index (χ4v) is 4.54. The minimum atomic E-state index is -0.0142. The fourth-order valence-electron chi connectivity index (χ4n) is 2.63. The molecule has 5 nitrogen and oxygen atoms in total. The molecule has 2 aromatic heterocycles. The molecule has 144 valence electrons. The summed E-state index contributed by atoms with van der Waals surface area (Å²) >= 11 is 2.89. The van der Waals surface area contributed by atoms with Gasteiger partial charge in [0, 0.05) is 18.0 Å². The highest BCUT2D eigenvalue weighted by atomic mass is 32.2. The van der Waals surface area contributed by atoms with Gasteiger partial charge in [-0.2, -0.15) is 0 Å². The van der Waals surface area contributed by atoms with E-state index in [1.807, 2.05) is 13.8 Å². The highest BCUT2D eigenvalue weighted by Gasteiger charge is 2.18. The first-order valence-corrected chi connectivity index (χ1v) is 10.9. The predicted molar refractivity (Wildman–Crippen MR) is 111 cm³/mol. The smallest absolute Gasteiger partial charge is 0.263 e. The Morgan fingerprint density at radius 1 is 1.23 bits per heavy atom. The van der Waals surface area contributed by atoms with E-state index in [1.54, 1.807) is 15.9 Å². The van der Waals surface area contributed by atoms with Crippen LogP contribution in [0.2, 0.25) is 0 Å².